The Bertz CT molecular complexity index is 621. The third kappa shape index (κ3) is 4.41. The maximum atomic E-state index is 5.58. The lowest BCUT2D eigenvalue weighted by molar-refractivity contribution is 0.140. The maximum Gasteiger partial charge on any atom is 0.166 e. The molecule has 146 valence electrons. The molecule has 1 aromatic carbocycles. The zero-order chi connectivity index (χ0) is 19.3. The van der Waals surface area contributed by atoms with Crippen molar-refractivity contribution >= 4 is 17.3 Å². The quantitative estimate of drug-likeness (QED) is 0.710. The van der Waals surface area contributed by atoms with Crippen molar-refractivity contribution in [3.8, 4) is 11.5 Å². The molecule has 0 radical (unpaired) electrons. The Morgan fingerprint density at radius 1 is 1.23 bits per heavy atom. The summed E-state index contributed by atoms with van der Waals surface area (Å²) < 4.78 is 11.1. The van der Waals surface area contributed by atoms with Gasteiger partial charge < -0.3 is 20.1 Å². The van der Waals surface area contributed by atoms with Crippen LogP contribution in [0.3, 0.4) is 0 Å². The van der Waals surface area contributed by atoms with E-state index < -0.39 is 0 Å². The van der Waals surface area contributed by atoms with Crippen LogP contribution in [0.1, 0.15) is 44.9 Å². The molecule has 0 spiro atoms. The van der Waals surface area contributed by atoms with E-state index in [-0.39, 0.29) is 12.1 Å². The molecule has 5 nitrogen and oxygen atoms in total. The predicted octanol–water partition coefficient (Wildman–Crippen LogP) is 3.13. The molecule has 0 amide bonds. The monoisotopic (exact) mass is 379 g/mol. The van der Waals surface area contributed by atoms with E-state index in [0.29, 0.717) is 5.92 Å². The van der Waals surface area contributed by atoms with E-state index in [1.54, 1.807) is 14.2 Å². The van der Waals surface area contributed by atoms with Crippen LogP contribution in [0.5, 0.6) is 11.5 Å². The highest BCUT2D eigenvalue weighted by Crippen LogP contribution is 2.40. The standard InChI is InChI=1S/C20H33N3O2S/c1-7-21-20(26)22-18(13(3)4)19-15-12-17(25-6)16(24-5)11-14(15)9-10-23(19)8-2/h11-13,18-19H,7-10H2,1-6H3,(H2,21,22,26)/t18-,19+/m0/s1. The number of rotatable bonds is 7. The van der Waals surface area contributed by atoms with Crippen LogP contribution < -0.4 is 20.1 Å². The number of methoxy groups -OCH3 is 2. The second-order valence-electron chi connectivity index (χ2n) is 7.00. The van der Waals surface area contributed by atoms with Crippen molar-refractivity contribution in [1.82, 2.24) is 15.5 Å². The number of nitrogens with zero attached hydrogens (tertiary/aromatic N) is 1. The lowest BCUT2D eigenvalue weighted by atomic mass is 9.83. The second-order valence-corrected chi connectivity index (χ2v) is 7.41. The van der Waals surface area contributed by atoms with Crippen LogP contribution >= 0.6 is 12.2 Å². The minimum Gasteiger partial charge on any atom is -0.493 e. The van der Waals surface area contributed by atoms with Crippen molar-refractivity contribution in [2.75, 3.05) is 33.9 Å². The normalized spacial score (nSPS) is 18.2. The Morgan fingerprint density at radius 2 is 1.88 bits per heavy atom. The molecule has 1 aliphatic rings. The lowest BCUT2D eigenvalue weighted by Crippen LogP contribution is -2.53. The SMILES string of the molecule is CCNC(=S)N[C@@H](C(C)C)[C@H]1c2cc(OC)c(OC)cc2CCN1CC. The van der Waals surface area contributed by atoms with E-state index in [1.165, 1.54) is 11.1 Å². The topological polar surface area (TPSA) is 45.8 Å². The molecule has 0 unspecified atom stereocenters. The van der Waals surface area contributed by atoms with Crippen molar-refractivity contribution in [3.63, 3.8) is 0 Å². The largest absolute Gasteiger partial charge is 0.493 e. The summed E-state index contributed by atoms with van der Waals surface area (Å²) >= 11 is 5.49. The molecule has 0 bridgehead atoms. The molecule has 6 heteroatoms. The number of thiocarbonyl (C=S) groups is 1. The molecule has 1 heterocycles. The number of nitrogens with one attached hydrogen (secondary N) is 2. The Hall–Kier alpha value is -1.53. The average molecular weight is 380 g/mol. The van der Waals surface area contributed by atoms with Crippen molar-refractivity contribution < 1.29 is 9.47 Å². The number of ether oxygens (including phenoxy) is 2. The molecule has 1 aromatic rings. The van der Waals surface area contributed by atoms with Gasteiger partial charge in [0.2, 0.25) is 0 Å². The summed E-state index contributed by atoms with van der Waals surface area (Å²) in [6.07, 6.45) is 1.02. The summed E-state index contributed by atoms with van der Waals surface area (Å²) in [5.74, 6) is 2.00. The van der Waals surface area contributed by atoms with Gasteiger partial charge in [-0.3, -0.25) is 4.90 Å². The first-order valence-corrected chi connectivity index (χ1v) is 9.90. The minimum atomic E-state index is 0.207. The summed E-state index contributed by atoms with van der Waals surface area (Å²) in [5, 5.41) is 7.51. The molecule has 2 rings (SSSR count). The molecule has 2 atom stereocenters. The number of hydrogen-bond acceptors (Lipinski definition) is 4. The fourth-order valence-electron chi connectivity index (χ4n) is 3.78. The molecule has 1 aliphatic heterocycles. The van der Waals surface area contributed by atoms with Gasteiger partial charge in [0.25, 0.3) is 0 Å². The highest BCUT2D eigenvalue weighted by Gasteiger charge is 2.36. The van der Waals surface area contributed by atoms with Crippen LogP contribution in [0.4, 0.5) is 0 Å². The molecule has 0 saturated carbocycles. The number of fused-ring (bicyclic) bond motifs is 1. The van der Waals surface area contributed by atoms with Crippen LogP contribution in [-0.2, 0) is 6.42 Å². The fourth-order valence-corrected chi connectivity index (χ4v) is 4.06. The van der Waals surface area contributed by atoms with Crippen LogP contribution in [0.2, 0.25) is 0 Å². The number of hydrogen-bond donors (Lipinski definition) is 2. The molecular formula is C20H33N3O2S. The Morgan fingerprint density at radius 3 is 2.42 bits per heavy atom. The highest BCUT2D eigenvalue weighted by atomic mass is 32.1. The summed E-state index contributed by atoms with van der Waals surface area (Å²) in [5.41, 5.74) is 2.64. The maximum absolute atomic E-state index is 5.58. The first kappa shape index (κ1) is 20.8. The van der Waals surface area contributed by atoms with Gasteiger partial charge in [0, 0.05) is 13.1 Å². The van der Waals surface area contributed by atoms with Gasteiger partial charge in [-0.05, 0) is 61.3 Å². The van der Waals surface area contributed by atoms with Crippen LogP contribution in [0.25, 0.3) is 0 Å². The third-order valence-corrected chi connectivity index (χ3v) is 5.39. The summed E-state index contributed by atoms with van der Waals surface area (Å²) in [4.78, 5) is 2.53. The van der Waals surface area contributed by atoms with E-state index in [9.17, 15) is 0 Å². The molecule has 26 heavy (non-hydrogen) atoms. The van der Waals surface area contributed by atoms with Crippen molar-refractivity contribution in [1.29, 1.82) is 0 Å². The van der Waals surface area contributed by atoms with Gasteiger partial charge in [-0.15, -0.1) is 0 Å². The summed E-state index contributed by atoms with van der Waals surface area (Å²) in [6, 6.07) is 4.72. The van der Waals surface area contributed by atoms with Gasteiger partial charge in [0.05, 0.1) is 26.3 Å². The zero-order valence-corrected chi connectivity index (χ0v) is 17.7. The molecule has 0 aliphatic carbocycles. The second kappa shape index (κ2) is 9.42. The first-order valence-electron chi connectivity index (χ1n) is 9.49. The van der Waals surface area contributed by atoms with E-state index in [4.69, 9.17) is 21.7 Å². The van der Waals surface area contributed by atoms with E-state index in [0.717, 1.165) is 42.7 Å². The predicted molar refractivity (Wildman–Crippen MR) is 111 cm³/mol. The van der Waals surface area contributed by atoms with Gasteiger partial charge in [-0.2, -0.15) is 0 Å². The first-order chi connectivity index (χ1) is 12.5. The fraction of sp³-hybridized carbons (Fsp3) is 0.650. The molecular weight excluding hydrogens is 346 g/mol. The highest BCUT2D eigenvalue weighted by molar-refractivity contribution is 7.80. The van der Waals surface area contributed by atoms with E-state index >= 15 is 0 Å². The van der Waals surface area contributed by atoms with Gasteiger partial charge in [0.1, 0.15) is 0 Å². The third-order valence-electron chi connectivity index (χ3n) is 5.13. The smallest absolute Gasteiger partial charge is 0.166 e. The molecule has 0 saturated heterocycles. The van der Waals surface area contributed by atoms with Gasteiger partial charge >= 0.3 is 0 Å². The van der Waals surface area contributed by atoms with Crippen molar-refractivity contribution in [2.24, 2.45) is 5.92 Å². The van der Waals surface area contributed by atoms with E-state index in [1.807, 2.05) is 0 Å². The van der Waals surface area contributed by atoms with Gasteiger partial charge in [0.15, 0.2) is 16.6 Å². The molecule has 0 aromatic heterocycles. The van der Waals surface area contributed by atoms with E-state index in [2.05, 4.69) is 55.4 Å². The Kier molecular flexibility index (Phi) is 7.53. The zero-order valence-electron chi connectivity index (χ0n) is 16.9. The minimum absolute atomic E-state index is 0.207. The van der Waals surface area contributed by atoms with Crippen LogP contribution in [0, 0.1) is 5.92 Å². The summed E-state index contributed by atoms with van der Waals surface area (Å²) in [7, 11) is 3.38. The van der Waals surface area contributed by atoms with Gasteiger partial charge in [-0.25, -0.2) is 0 Å². The Labute approximate surface area is 163 Å². The molecule has 0 fully saturated rings. The number of likely N-dealkylation sites (N-methyl/N-ethyl adjacent to an activating group) is 1. The Balaban J connectivity index is 2.48. The van der Waals surface area contributed by atoms with Crippen LogP contribution in [-0.4, -0.2) is 49.9 Å². The van der Waals surface area contributed by atoms with Crippen molar-refractivity contribution in [3.05, 3.63) is 23.3 Å². The molecule has 2 N–H and O–H groups in total. The average Bonchev–Trinajstić information content (AvgIpc) is 2.64. The summed E-state index contributed by atoms with van der Waals surface area (Å²) in [6.45, 7) is 11.6. The van der Waals surface area contributed by atoms with Gasteiger partial charge in [-0.1, -0.05) is 20.8 Å². The number of benzene rings is 1. The van der Waals surface area contributed by atoms with Crippen LogP contribution in [0.15, 0.2) is 12.1 Å². The van der Waals surface area contributed by atoms with Crippen molar-refractivity contribution in [2.45, 2.75) is 46.2 Å². The lowest BCUT2D eigenvalue weighted by Gasteiger charge is -2.43.